The molecule has 0 spiro atoms. The van der Waals surface area contributed by atoms with Crippen molar-refractivity contribution in [1.82, 2.24) is 10.6 Å². The molecule has 0 saturated heterocycles. The van der Waals surface area contributed by atoms with Gasteiger partial charge in [0.1, 0.15) is 17.3 Å². The fourth-order valence-electron chi connectivity index (χ4n) is 5.24. The van der Waals surface area contributed by atoms with Crippen molar-refractivity contribution in [3.63, 3.8) is 0 Å². The summed E-state index contributed by atoms with van der Waals surface area (Å²) < 4.78 is 6.19. The van der Waals surface area contributed by atoms with E-state index in [0.29, 0.717) is 0 Å². The highest BCUT2D eigenvalue weighted by molar-refractivity contribution is 6.07. The summed E-state index contributed by atoms with van der Waals surface area (Å²) in [7, 11) is 0. The second-order valence-corrected chi connectivity index (χ2v) is 9.09. The van der Waals surface area contributed by atoms with Gasteiger partial charge >= 0.3 is 0 Å². The van der Waals surface area contributed by atoms with Gasteiger partial charge in [0.05, 0.1) is 6.04 Å². The Morgan fingerprint density at radius 3 is 2.31 bits per heavy atom. The van der Waals surface area contributed by atoms with E-state index >= 15 is 0 Å². The van der Waals surface area contributed by atoms with Gasteiger partial charge in [0.25, 0.3) is 0 Å². The van der Waals surface area contributed by atoms with Crippen molar-refractivity contribution in [2.45, 2.75) is 12.2 Å². The monoisotopic (exact) mass is 452 g/mol. The Balaban J connectivity index is 1.39. The first-order chi connectivity index (χ1) is 17.3. The van der Waals surface area contributed by atoms with Crippen LogP contribution in [0.2, 0.25) is 0 Å². The first-order valence-electron chi connectivity index (χ1n) is 12.0. The Hall–Kier alpha value is -4.34. The summed E-state index contributed by atoms with van der Waals surface area (Å²) in [6.07, 6.45) is 2.25. The van der Waals surface area contributed by atoms with Gasteiger partial charge < -0.3 is 9.73 Å². The van der Waals surface area contributed by atoms with Crippen LogP contribution in [0.1, 0.15) is 28.9 Å². The van der Waals surface area contributed by atoms with Crippen LogP contribution in [0.15, 0.2) is 126 Å². The molecule has 3 heteroatoms. The molecule has 0 radical (unpaired) electrons. The van der Waals surface area contributed by atoms with Crippen molar-refractivity contribution >= 4 is 38.4 Å². The molecule has 168 valence electrons. The third kappa shape index (κ3) is 3.49. The van der Waals surface area contributed by atoms with E-state index in [0.717, 1.165) is 22.2 Å². The highest BCUT2D eigenvalue weighted by Gasteiger charge is 2.26. The highest BCUT2D eigenvalue weighted by Crippen LogP contribution is 2.37. The summed E-state index contributed by atoms with van der Waals surface area (Å²) in [6, 6.07) is 40.4. The second-order valence-electron chi connectivity index (χ2n) is 9.09. The number of nitrogens with one attached hydrogen (secondary N) is 2. The zero-order valence-corrected chi connectivity index (χ0v) is 19.1. The van der Waals surface area contributed by atoms with Crippen molar-refractivity contribution in [1.29, 1.82) is 0 Å². The molecule has 0 aliphatic carbocycles. The standard InChI is InChI=1S/C32H24N2O/c1-2-10-22(11-3-1)27-20-28(25-14-8-16-30-31(25)26-13-6-7-15-29(26)35-30)34-32(33-27)24-18-17-21-9-4-5-12-23(21)19-24/h1-20,28,32-34H. The zero-order valence-electron chi connectivity index (χ0n) is 19.1. The lowest BCUT2D eigenvalue weighted by Gasteiger charge is -2.33. The van der Waals surface area contributed by atoms with E-state index < -0.39 is 0 Å². The van der Waals surface area contributed by atoms with E-state index in [1.165, 1.54) is 32.8 Å². The fourth-order valence-corrected chi connectivity index (χ4v) is 5.24. The molecule has 35 heavy (non-hydrogen) atoms. The van der Waals surface area contributed by atoms with Gasteiger partial charge in [-0.05, 0) is 51.7 Å². The van der Waals surface area contributed by atoms with Crippen molar-refractivity contribution in [2.24, 2.45) is 0 Å². The van der Waals surface area contributed by atoms with Gasteiger partial charge in [-0.25, -0.2) is 0 Å². The topological polar surface area (TPSA) is 37.2 Å². The molecular weight excluding hydrogens is 428 g/mol. The summed E-state index contributed by atoms with van der Waals surface area (Å²) >= 11 is 0. The fraction of sp³-hybridized carbons (Fsp3) is 0.0625. The molecule has 7 rings (SSSR count). The SMILES string of the molecule is C1=C(c2ccccc2)NC(c2ccc3ccccc3c2)NC1c1cccc2oc3ccccc3c12. The molecule has 2 atom stereocenters. The predicted molar refractivity (Wildman–Crippen MR) is 144 cm³/mol. The van der Waals surface area contributed by atoms with E-state index in [9.17, 15) is 0 Å². The molecule has 0 saturated carbocycles. The van der Waals surface area contributed by atoms with Crippen LogP contribution < -0.4 is 10.6 Å². The number of furan rings is 1. The molecule has 0 amide bonds. The largest absolute Gasteiger partial charge is 0.456 e. The molecule has 2 unspecified atom stereocenters. The Morgan fingerprint density at radius 1 is 0.629 bits per heavy atom. The number of fused-ring (bicyclic) bond motifs is 4. The van der Waals surface area contributed by atoms with E-state index in [1.807, 2.05) is 12.1 Å². The predicted octanol–water partition coefficient (Wildman–Crippen LogP) is 7.71. The quantitative estimate of drug-likeness (QED) is 0.289. The molecule has 1 aromatic heterocycles. The maximum absolute atomic E-state index is 6.19. The normalized spacial score (nSPS) is 18.0. The molecule has 1 aliphatic rings. The van der Waals surface area contributed by atoms with Crippen LogP contribution >= 0.6 is 0 Å². The van der Waals surface area contributed by atoms with Crippen LogP contribution in [0, 0.1) is 0 Å². The summed E-state index contributed by atoms with van der Waals surface area (Å²) in [5.41, 5.74) is 6.56. The van der Waals surface area contributed by atoms with Gasteiger partial charge in [0.2, 0.25) is 0 Å². The molecular formula is C32H24N2O. The maximum atomic E-state index is 6.19. The van der Waals surface area contributed by atoms with Gasteiger partial charge in [-0.2, -0.15) is 0 Å². The third-order valence-electron chi connectivity index (χ3n) is 6.94. The smallest absolute Gasteiger partial charge is 0.135 e. The Kier molecular flexibility index (Phi) is 4.68. The number of para-hydroxylation sites is 1. The van der Waals surface area contributed by atoms with Gasteiger partial charge in [0, 0.05) is 16.5 Å². The van der Waals surface area contributed by atoms with Crippen molar-refractivity contribution in [2.75, 3.05) is 0 Å². The van der Waals surface area contributed by atoms with E-state index in [-0.39, 0.29) is 12.2 Å². The van der Waals surface area contributed by atoms with E-state index in [4.69, 9.17) is 4.42 Å². The minimum atomic E-state index is -0.0433. The molecule has 2 N–H and O–H groups in total. The Bertz CT molecular complexity index is 1710. The van der Waals surface area contributed by atoms with Crippen LogP contribution in [0.4, 0.5) is 0 Å². The zero-order chi connectivity index (χ0) is 23.2. The van der Waals surface area contributed by atoms with Crippen LogP contribution in [0.5, 0.6) is 0 Å². The summed E-state index contributed by atoms with van der Waals surface area (Å²) in [5.74, 6) is 0. The molecule has 3 nitrogen and oxygen atoms in total. The molecule has 0 fully saturated rings. The summed E-state index contributed by atoms with van der Waals surface area (Å²) in [4.78, 5) is 0. The van der Waals surface area contributed by atoms with Crippen molar-refractivity contribution in [3.8, 4) is 0 Å². The van der Waals surface area contributed by atoms with Gasteiger partial charge in [-0.15, -0.1) is 0 Å². The third-order valence-corrected chi connectivity index (χ3v) is 6.94. The number of rotatable bonds is 3. The summed E-state index contributed by atoms with van der Waals surface area (Å²) in [6.45, 7) is 0. The van der Waals surface area contributed by atoms with Gasteiger partial charge in [-0.3, -0.25) is 5.32 Å². The first-order valence-corrected chi connectivity index (χ1v) is 12.0. The first kappa shape index (κ1) is 20.1. The van der Waals surface area contributed by atoms with E-state index in [2.05, 4.69) is 120 Å². The minimum Gasteiger partial charge on any atom is -0.456 e. The Morgan fingerprint density at radius 2 is 1.40 bits per heavy atom. The van der Waals surface area contributed by atoms with Gasteiger partial charge in [-0.1, -0.05) is 97.1 Å². The lowest BCUT2D eigenvalue weighted by Crippen LogP contribution is -2.39. The molecule has 5 aromatic carbocycles. The highest BCUT2D eigenvalue weighted by atomic mass is 16.3. The second kappa shape index (κ2) is 8.15. The van der Waals surface area contributed by atoms with Crippen LogP contribution in [-0.4, -0.2) is 0 Å². The molecule has 1 aliphatic heterocycles. The van der Waals surface area contributed by atoms with E-state index in [1.54, 1.807) is 0 Å². The van der Waals surface area contributed by atoms with Crippen LogP contribution in [-0.2, 0) is 0 Å². The van der Waals surface area contributed by atoms with Crippen LogP contribution in [0.25, 0.3) is 38.4 Å². The lowest BCUT2D eigenvalue weighted by molar-refractivity contribution is 0.444. The van der Waals surface area contributed by atoms with Crippen molar-refractivity contribution < 1.29 is 4.42 Å². The molecule has 0 bridgehead atoms. The lowest BCUT2D eigenvalue weighted by atomic mass is 9.94. The van der Waals surface area contributed by atoms with Crippen LogP contribution in [0.3, 0.4) is 0 Å². The minimum absolute atomic E-state index is 0.00707. The van der Waals surface area contributed by atoms with Crippen molar-refractivity contribution in [3.05, 3.63) is 138 Å². The number of hydrogen-bond acceptors (Lipinski definition) is 3. The number of hydrogen-bond donors (Lipinski definition) is 2. The van der Waals surface area contributed by atoms with Gasteiger partial charge in [0.15, 0.2) is 0 Å². The molecule has 2 heterocycles. The molecule has 6 aromatic rings. The average Bonchev–Trinajstić information content (AvgIpc) is 3.32. The average molecular weight is 453 g/mol. The summed E-state index contributed by atoms with van der Waals surface area (Å²) in [5, 5.41) is 12.4. The maximum Gasteiger partial charge on any atom is 0.135 e. The number of benzene rings is 5. The Labute approximate surface area is 203 Å².